The predicted octanol–water partition coefficient (Wildman–Crippen LogP) is -0.329. The third-order valence-electron chi connectivity index (χ3n) is 3.21. The maximum Gasteiger partial charge on any atom is 0.308 e. The molecule has 0 aromatic heterocycles. The van der Waals surface area contributed by atoms with Gasteiger partial charge in [-0.15, -0.1) is 0 Å². The molecule has 2 atom stereocenters. The first kappa shape index (κ1) is 10.4. The zero-order chi connectivity index (χ0) is 10.8. The fourth-order valence-corrected chi connectivity index (χ4v) is 2.28. The van der Waals surface area contributed by atoms with Crippen LogP contribution in [0.1, 0.15) is 19.3 Å². The Morgan fingerprint density at radius 1 is 1.33 bits per heavy atom. The second-order valence-corrected chi connectivity index (χ2v) is 4.26. The highest BCUT2D eigenvalue weighted by molar-refractivity contribution is 5.83. The van der Waals surface area contributed by atoms with Crippen molar-refractivity contribution >= 4 is 11.9 Å². The second kappa shape index (κ2) is 4.18. The van der Waals surface area contributed by atoms with E-state index in [9.17, 15) is 9.59 Å². The number of carboxylic acids is 1. The van der Waals surface area contributed by atoms with Gasteiger partial charge in [0.15, 0.2) is 0 Å². The molecule has 0 saturated carbocycles. The van der Waals surface area contributed by atoms with Crippen LogP contribution < -0.4 is 5.32 Å². The lowest BCUT2D eigenvalue weighted by Crippen LogP contribution is -2.42. The highest BCUT2D eigenvalue weighted by Crippen LogP contribution is 2.19. The van der Waals surface area contributed by atoms with E-state index in [2.05, 4.69) is 5.32 Å². The summed E-state index contributed by atoms with van der Waals surface area (Å²) in [7, 11) is 0. The molecule has 2 fully saturated rings. The van der Waals surface area contributed by atoms with Gasteiger partial charge in [0.2, 0.25) is 5.91 Å². The highest BCUT2D eigenvalue weighted by atomic mass is 16.4. The summed E-state index contributed by atoms with van der Waals surface area (Å²) in [6, 6.07) is -0.0717. The zero-order valence-corrected chi connectivity index (χ0v) is 8.61. The third-order valence-corrected chi connectivity index (χ3v) is 3.21. The van der Waals surface area contributed by atoms with Gasteiger partial charge in [0.1, 0.15) is 0 Å². The number of carbonyl (C=O) groups excluding carboxylic acids is 1. The molecule has 2 aliphatic rings. The normalized spacial score (nSPS) is 30.8. The Bertz CT molecular complexity index is 274. The average Bonchev–Trinajstić information content (AvgIpc) is 2.88. The number of carbonyl (C=O) groups is 2. The van der Waals surface area contributed by atoms with Crippen LogP contribution in [0.2, 0.25) is 0 Å². The number of rotatable bonds is 2. The van der Waals surface area contributed by atoms with Crippen molar-refractivity contribution < 1.29 is 14.7 Å². The first-order chi connectivity index (χ1) is 7.18. The molecule has 0 unspecified atom stereocenters. The van der Waals surface area contributed by atoms with Crippen LogP contribution in [0.15, 0.2) is 0 Å². The van der Waals surface area contributed by atoms with Gasteiger partial charge < -0.3 is 15.3 Å². The summed E-state index contributed by atoms with van der Waals surface area (Å²) < 4.78 is 0. The fraction of sp³-hybridized carbons (Fsp3) is 0.800. The number of nitrogens with one attached hydrogen (secondary N) is 1. The number of hydrogen-bond acceptors (Lipinski definition) is 3. The molecule has 15 heavy (non-hydrogen) atoms. The van der Waals surface area contributed by atoms with Crippen LogP contribution in [0, 0.1) is 5.92 Å². The molecule has 84 valence electrons. The minimum absolute atomic E-state index is 0.0717. The van der Waals surface area contributed by atoms with Crippen LogP contribution in [0.3, 0.4) is 0 Å². The average molecular weight is 212 g/mol. The number of hydrogen-bond donors (Lipinski definition) is 2. The second-order valence-electron chi connectivity index (χ2n) is 4.26. The molecule has 1 amide bonds. The van der Waals surface area contributed by atoms with E-state index in [1.54, 1.807) is 4.90 Å². The minimum Gasteiger partial charge on any atom is -0.481 e. The molecule has 5 nitrogen and oxygen atoms in total. The largest absolute Gasteiger partial charge is 0.481 e. The first-order valence-electron chi connectivity index (χ1n) is 5.43. The van der Waals surface area contributed by atoms with Crippen LogP contribution in [0.4, 0.5) is 0 Å². The molecule has 0 aliphatic carbocycles. The van der Waals surface area contributed by atoms with E-state index in [1.807, 2.05) is 0 Å². The molecule has 5 heteroatoms. The lowest BCUT2D eigenvalue weighted by atomic mass is 10.1. The SMILES string of the molecule is O=C(O)[C@H]1CCN(C(=O)[C@@H]2CCCN2)C1. The van der Waals surface area contributed by atoms with Crippen LogP contribution in [0.25, 0.3) is 0 Å². The van der Waals surface area contributed by atoms with Crippen molar-refractivity contribution in [3.05, 3.63) is 0 Å². The topological polar surface area (TPSA) is 69.6 Å². The van der Waals surface area contributed by atoms with Crippen molar-refractivity contribution in [2.24, 2.45) is 5.92 Å². The standard InChI is InChI=1S/C10H16N2O3/c13-9(8-2-1-4-11-8)12-5-3-7(6-12)10(14)15/h7-8,11H,1-6H2,(H,14,15)/t7-,8-/m0/s1. The Kier molecular flexibility index (Phi) is 2.90. The molecule has 0 radical (unpaired) electrons. The molecular weight excluding hydrogens is 196 g/mol. The maximum atomic E-state index is 11.9. The first-order valence-corrected chi connectivity index (χ1v) is 5.43. The number of amides is 1. The van der Waals surface area contributed by atoms with Crippen molar-refractivity contribution in [3.8, 4) is 0 Å². The summed E-state index contributed by atoms with van der Waals surface area (Å²) in [6.45, 7) is 1.87. The van der Waals surface area contributed by atoms with Crippen molar-refractivity contribution in [2.75, 3.05) is 19.6 Å². The monoisotopic (exact) mass is 212 g/mol. The maximum absolute atomic E-state index is 11.9. The molecule has 0 spiro atoms. The fourth-order valence-electron chi connectivity index (χ4n) is 2.28. The van der Waals surface area contributed by atoms with Crippen LogP contribution in [-0.2, 0) is 9.59 Å². The van der Waals surface area contributed by atoms with Gasteiger partial charge in [-0.3, -0.25) is 9.59 Å². The molecule has 0 aromatic carbocycles. The molecule has 0 aromatic rings. The van der Waals surface area contributed by atoms with E-state index >= 15 is 0 Å². The smallest absolute Gasteiger partial charge is 0.308 e. The van der Waals surface area contributed by atoms with Crippen LogP contribution in [-0.4, -0.2) is 47.6 Å². The Balaban J connectivity index is 1.89. The number of aliphatic carboxylic acids is 1. The molecular formula is C10H16N2O3. The van der Waals surface area contributed by atoms with Gasteiger partial charge in [-0.25, -0.2) is 0 Å². The molecule has 2 saturated heterocycles. The van der Waals surface area contributed by atoms with Gasteiger partial charge >= 0.3 is 5.97 Å². The Labute approximate surface area is 88.4 Å². The van der Waals surface area contributed by atoms with Crippen molar-refractivity contribution in [1.29, 1.82) is 0 Å². The quantitative estimate of drug-likeness (QED) is 0.657. The Hall–Kier alpha value is -1.10. The van der Waals surface area contributed by atoms with Gasteiger partial charge in [-0.05, 0) is 25.8 Å². The van der Waals surface area contributed by atoms with Gasteiger partial charge in [-0.1, -0.05) is 0 Å². The van der Waals surface area contributed by atoms with Crippen LogP contribution >= 0.6 is 0 Å². The zero-order valence-electron chi connectivity index (χ0n) is 8.61. The summed E-state index contributed by atoms with van der Waals surface area (Å²) in [6.07, 6.45) is 2.51. The lowest BCUT2D eigenvalue weighted by molar-refractivity contribution is -0.141. The molecule has 0 bridgehead atoms. The van der Waals surface area contributed by atoms with E-state index < -0.39 is 5.97 Å². The van der Waals surface area contributed by atoms with E-state index in [4.69, 9.17) is 5.11 Å². The summed E-state index contributed by atoms with van der Waals surface area (Å²) >= 11 is 0. The van der Waals surface area contributed by atoms with E-state index in [1.165, 1.54) is 0 Å². The molecule has 2 N–H and O–H groups in total. The molecule has 2 heterocycles. The van der Waals surface area contributed by atoms with Gasteiger partial charge in [0.05, 0.1) is 12.0 Å². The van der Waals surface area contributed by atoms with Crippen LogP contribution in [0.5, 0.6) is 0 Å². The van der Waals surface area contributed by atoms with Crippen molar-refractivity contribution in [3.63, 3.8) is 0 Å². The number of likely N-dealkylation sites (tertiary alicyclic amines) is 1. The van der Waals surface area contributed by atoms with Gasteiger partial charge in [0, 0.05) is 13.1 Å². The summed E-state index contributed by atoms with van der Waals surface area (Å²) in [4.78, 5) is 24.3. The Morgan fingerprint density at radius 3 is 2.67 bits per heavy atom. The van der Waals surface area contributed by atoms with Crippen molar-refractivity contribution in [2.45, 2.75) is 25.3 Å². The van der Waals surface area contributed by atoms with E-state index in [-0.39, 0.29) is 17.9 Å². The van der Waals surface area contributed by atoms with Gasteiger partial charge in [-0.2, -0.15) is 0 Å². The van der Waals surface area contributed by atoms with Crippen molar-refractivity contribution in [1.82, 2.24) is 10.2 Å². The summed E-state index contributed by atoms with van der Waals surface area (Å²) in [5.41, 5.74) is 0. The van der Waals surface area contributed by atoms with E-state index in [0.717, 1.165) is 19.4 Å². The lowest BCUT2D eigenvalue weighted by Gasteiger charge is -2.20. The van der Waals surface area contributed by atoms with E-state index in [0.29, 0.717) is 19.5 Å². The predicted molar refractivity (Wildman–Crippen MR) is 53.3 cm³/mol. The Morgan fingerprint density at radius 2 is 2.13 bits per heavy atom. The number of nitrogens with zero attached hydrogens (tertiary/aromatic N) is 1. The highest BCUT2D eigenvalue weighted by Gasteiger charge is 2.34. The van der Waals surface area contributed by atoms with Gasteiger partial charge in [0.25, 0.3) is 0 Å². The minimum atomic E-state index is -0.787. The third kappa shape index (κ3) is 2.12. The summed E-state index contributed by atoms with van der Waals surface area (Å²) in [5.74, 6) is -1.07. The summed E-state index contributed by atoms with van der Waals surface area (Å²) in [5, 5.41) is 12.0. The molecule has 2 rings (SSSR count). The number of carboxylic acid groups (broad SMARTS) is 1. The molecule has 2 aliphatic heterocycles.